The SMILES string of the molecule is COc1c(Cl)cc(C)cc1/C(O)=C1\C(=O)C(=O)N(c2ccc(N3CCCC3)cc2)C1c1ccc(O)cc1. The topological polar surface area (TPSA) is 90.3 Å². The summed E-state index contributed by atoms with van der Waals surface area (Å²) in [6, 6.07) is 16.2. The van der Waals surface area contributed by atoms with E-state index in [0.717, 1.165) is 37.2 Å². The van der Waals surface area contributed by atoms with Gasteiger partial charge >= 0.3 is 0 Å². The number of methoxy groups -OCH3 is 1. The van der Waals surface area contributed by atoms with Crippen LogP contribution in [0.15, 0.2) is 66.2 Å². The van der Waals surface area contributed by atoms with Crippen molar-refractivity contribution < 1.29 is 24.5 Å². The summed E-state index contributed by atoms with van der Waals surface area (Å²) in [6.45, 7) is 3.77. The summed E-state index contributed by atoms with van der Waals surface area (Å²) >= 11 is 6.36. The molecule has 3 aromatic rings. The Morgan fingerprint density at radius 3 is 2.22 bits per heavy atom. The number of phenols is 1. The van der Waals surface area contributed by atoms with Crippen LogP contribution in [-0.2, 0) is 9.59 Å². The molecule has 0 bridgehead atoms. The summed E-state index contributed by atoms with van der Waals surface area (Å²) < 4.78 is 5.43. The van der Waals surface area contributed by atoms with Gasteiger partial charge in [0.25, 0.3) is 11.7 Å². The number of benzene rings is 3. The van der Waals surface area contributed by atoms with Crippen LogP contribution in [0.25, 0.3) is 5.76 Å². The van der Waals surface area contributed by atoms with Gasteiger partial charge in [0, 0.05) is 24.5 Å². The monoisotopic (exact) mass is 518 g/mol. The first-order valence-corrected chi connectivity index (χ1v) is 12.5. The highest BCUT2D eigenvalue weighted by atomic mass is 35.5. The van der Waals surface area contributed by atoms with E-state index in [1.807, 2.05) is 24.3 Å². The molecular formula is C29H27ClN2O5. The van der Waals surface area contributed by atoms with Gasteiger partial charge in [-0.25, -0.2) is 0 Å². The molecule has 1 amide bonds. The molecule has 0 spiro atoms. The van der Waals surface area contributed by atoms with Gasteiger partial charge in [0.05, 0.1) is 29.3 Å². The highest BCUT2D eigenvalue weighted by Gasteiger charge is 2.47. The van der Waals surface area contributed by atoms with Gasteiger partial charge in [0.1, 0.15) is 17.3 Å². The molecule has 190 valence electrons. The van der Waals surface area contributed by atoms with E-state index in [4.69, 9.17) is 16.3 Å². The third-order valence-electron chi connectivity index (χ3n) is 6.90. The van der Waals surface area contributed by atoms with Crippen LogP contribution in [0.3, 0.4) is 0 Å². The average Bonchev–Trinajstić information content (AvgIpc) is 3.51. The van der Waals surface area contributed by atoms with Crippen LogP contribution >= 0.6 is 11.6 Å². The predicted octanol–water partition coefficient (Wildman–Crippen LogP) is 5.59. The van der Waals surface area contributed by atoms with Crippen molar-refractivity contribution in [1.29, 1.82) is 0 Å². The lowest BCUT2D eigenvalue weighted by Crippen LogP contribution is -2.29. The van der Waals surface area contributed by atoms with Crippen LogP contribution in [0.5, 0.6) is 11.5 Å². The Morgan fingerprint density at radius 2 is 1.59 bits per heavy atom. The van der Waals surface area contributed by atoms with Crippen LogP contribution in [-0.4, -0.2) is 42.1 Å². The number of aryl methyl sites for hydroxylation is 1. The van der Waals surface area contributed by atoms with Gasteiger partial charge in [-0.3, -0.25) is 14.5 Å². The van der Waals surface area contributed by atoms with E-state index >= 15 is 0 Å². The number of ketones is 1. The largest absolute Gasteiger partial charge is 0.508 e. The second-order valence-electron chi connectivity index (χ2n) is 9.30. The number of aliphatic hydroxyl groups is 1. The number of phenolic OH excluding ortho intramolecular Hbond substituents is 1. The Kier molecular flexibility index (Phi) is 6.56. The molecule has 2 N–H and O–H groups in total. The summed E-state index contributed by atoms with van der Waals surface area (Å²) in [5.41, 5.74) is 3.02. The summed E-state index contributed by atoms with van der Waals surface area (Å²) in [5.74, 6) is -1.71. The first-order chi connectivity index (χ1) is 17.8. The fourth-order valence-electron chi connectivity index (χ4n) is 5.13. The van der Waals surface area contributed by atoms with Gasteiger partial charge < -0.3 is 19.8 Å². The summed E-state index contributed by atoms with van der Waals surface area (Å²) in [4.78, 5) is 30.6. The Balaban J connectivity index is 1.67. The van der Waals surface area contributed by atoms with Crippen molar-refractivity contribution in [2.75, 3.05) is 30.0 Å². The standard InChI is InChI=1S/C29H27ClN2O5/c1-17-15-22(28(37-2)23(30)16-17)26(34)24-25(18-5-11-21(33)12-6-18)32(29(36)27(24)35)20-9-7-19(8-10-20)31-13-3-4-14-31/h5-12,15-16,25,33-34H,3-4,13-14H2,1-2H3/b26-24+. The zero-order chi connectivity index (χ0) is 26.3. The molecule has 0 radical (unpaired) electrons. The Hall–Kier alpha value is -3.97. The summed E-state index contributed by atoms with van der Waals surface area (Å²) in [5, 5.41) is 21.6. The van der Waals surface area contributed by atoms with E-state index in [2.05, 4.69) is 4.90 Å². The summed E-state index contributed by atoms with van der Waals surface area (Å²) in [6.07, 6.45) is 2.29. The number of ether oxygens (including phenoxy) is 1. The highest BCUT2D eigenvalue weighted by molar-refractivity contribution is 6.51. The van der Waals surface area contributed by atoms with E-state index in [9.17, 15) is 19.8 Å². The van der Waals surface area contributed by atoms with Crippen molar-refractivity contribution in [3.8, 4) is 11.5 Å². The van der Waals surface area contributed by atoms with Crippen LogP contribution < -0.4 is 14.5 Å². The van der Waals surface area contributed by atoms with E-state index in [1.165, 1.54) is 24.1 Å². The van der Waals surface area contributed by atoms with Gasteiger partial charge in [-0.1, -0.05) is 23.7 Å². The van der Waals surface area contributed by atoms with Crippen LogP contribution in [0, 0.1) is 6.92 Å². The van der Waals surface area contributed by atoms with Crippen molar-refractivity contribution in [3.63, 3.8) is 0 Å². The Morgan fingerprint density at radius 1 is 0.973 bits per heavy atom. The fraction of sp³-hybridized carbons (Fsp3) is 0.241. The second kappa shape index (κ2) is 9.82. The van der Waals surface area contributed by atoms with E-state index in [0.29, 0.717) is 11.3 Å². The molecule has 2 aliphatic rings. The van der Waals surface area contributed by atoms with Crippen LogP contribution in [0.2, 0.25) is 5.02 Å². The highest BCUT2D eigenvalue weighted by Crippen LogP contribution is 2.45. The molecule has 0 aliphatic carbocycles. The van der Waals surface area contributed by atoms with E-state index < -0.39 is 17.7 Å². The molecule has 2 saturated heterocycles. The molecule has 1 unspecified atom stereocenters. The number of hydrogen-bond acceptors (Lipinski definition) is 6. The van der Waals surface area contributed by atoms with Gasteiger partial charge in [-0.15, -0.1) is 0 Å². The lowest BCUT2D eigenvalue weighted by Gasteiger charge is -2.26. The molecule has 8 heteroatoms. The molecule has 1 atom stereocenters. The number of anilines is 2. The van der Waals surface area contributed by atoms with E-state index in [-0.39, 0.29) is 33.4 Å². The molecule has 3 aromatic carbocycles. The molecule has 2 aliphatic heterocycles. The second-order valence-corrected chi connectivity index (χ2v) is 9.71. The van der Waals surface area contributed by atoms with E-state index in [1.54, 1.807) is 31.2 Å². The van der Waals surface area contributed by atoms with Crippen molar-refractivity contribution in [2.45, 2.75) is 25.8 Å². The molecule has 7 nitrogen and oxygen atoms in total. The minimum Gasteiger partial charge on any atom is -0.508 e. The third-order valence-corrected chi connectivity index (χ3v) is 7.18. The van der Waals surface area contributed by atoms with Gasteiger partial charge in [0.2, 0.25) is 0 Å². The number of carbonyl (C=O) groups excluding carboxylic acids is 2. The normalized spacial score (nSPS) is 19.1. The number of aliphatic hydroxyl groups excluding tert-OH is 1. The number of amides is 1. The number of nitrogens with zero attached hydrogens (tertiary/aromatic N) is 2. The average molecular weight is 519 g/mol. The zero-order valence-corrected chi connectivity index (χ0v) is 21.3. The number of halogens is 1. The lowest BCUT2D eigenvalue weighted by molar-refractivity contribution is -0.132. The lowest BCUT2D eigenvalue weighted by atomic mass is 9.94. The minimum atomic E-state index is -0.928. The number of aromatic hydroxyl groups is 1. The summed E-state index contributed by atoms with van der Waals surface area (Å²) in [7, 11) is 1.42. The molecule has 0 aromatic heterocycles. The first-order valence-electron chi connectivity index (χ1n) is 12.1. The van der Waals surface area contributed by atoms with Crippen molar-refractivity contribution in [1.82, 2.24) is 0 Å². The Labute approximate surface area is 220 Å². The maximum atomic E-state index is 13.5. The minimum absolute atomic E-state index is 0.0443. The molecule has 5 rings (SSSR count). The maximum Gasteiger partial charge on any atom is 0.300 e. The number of Topliss-reactive ketones (excluding diaryl/α,β-unsaturated/α-hetero) is 1. The zero-order valence-electron chi connectivity index (χ0n) is 20.6. The number of carbonyl (C=O) groups is 2. The van der Waals surface area contributed by atoms with Crippen molar-refractivity contribution in [2.24, 2.45) is 0 Å². The van der Waals surface area contributed by atoms with Crippen LogP contribution in [0.1, 0.15) is 35.6 Å². The van der Waals surface area contributed by atoms with Crippen molar-refractivity contribution >= 4 is 40.4 Å². The quantitative estimate of drug-likeness (QED) is 0.260. The van der Waals surface area contributed by atoms with Gasteiger partial charge in [-0.05, 0) is 79.4 Å². The Bertz CT molecular complexity index is 1390. The molecule has 2 fully saturated rings. The maximum absolute atomic E-state index is 13.5. The number of hydrogen-bond donors (Lipinski definition) is 2. The first kappa shape index (κ1) is 24.7. The van der Waals surface area contributed by atoms with Gasteiger partial charge in [-0.2, -0.15) is 0 Å². The molecule has 37 heavy (non-hydrogen) atoms. The van der Waals surface area contributed by atoms with Gasteiger partial charge in [0.15, 0.2) is 0 Å². The predicted molar refractivity (Wildman–Crippen MR) is 144 cm³/mol. The third kappa shape index (κ3) is 4.40. The molecule has 2 heterocycles. The smallest absolute Gasteiger partial charge is 0.300 e. The van der Waals surface area contributed by atoms with Crippen LogP contribution in [0.4, 0.5) is 11.4 Å². The molecular weight excluding hydrogens is 492 g/mol. The number of rotatable bonds is 5. The molecule has 0 saturated carbocycles. The fourth-order valence-corrected chi connectivity index (χ4v) is 5.48. The van der Waals surface area contributed by atoms with Crippen molar-refractivity contribution in [3.05, 3.63) is 87.9 Å².